The molecule has 0 spiro atoms. The number of carbonyl (C=O) groups is 1. The van der Waals surface area contributed by atoms with Crippen molar-refractivity contribution < 1.29 is 9.53 Å². The van der Waals surface area contributed by atoms with E-state index in [1.807, 2.05) is 66.4 Å². The van der Waals surface area contributed by atoms with Crippen LogP contribution in [0.15, 0.2) is 66.9 Å². The largest absolute Gasteiger partial charge is 0.494 e. The Hall–Kier alpha value is -2.92. The minimum absolute atomic E-state index is 0.128. The number of hydrogen-bond donors (Lipinski definition) is 1. The molecular formula is C22H22ClN3O2. The second kappa shape index (κ2) is 7.98. The minimum Gasteiger partial charge on any atom is -0.494 e. The first-order valence-corrected chi connectivity index (χ1v) is 9.74. The highest BCUT2D eigenvalue weighted by atomic mass is 35.5. The van der Waals surface area contributed by atoms with E-state index in [4.69, 9.17) is 16.3 Å². The zero-order chi connectivity index (χ0) is 19.5. The molecule has 0 unspecified atom stereocenters. The summed E-state index contributed by atoms with van der Waals surface area (Å²) >= 11 is 6.06. The summed E-state index contributed by atoms with van der Waals surface area (Å²) in [5.74, 6) is 0.787. The van der Waals surface area contributed by atoms with E-state index in [9.17, 15) is 4.79 Å². The second-order valence-electron chi connectivity index (χ2n) is 6.66. The van der Waals surface area contributed by atoms with Crippen LogP contribution < -0.4 is 10.1 Å². The number of ether oxygens (including phenoxy) is 1. The second-order valence-corrected chi connectivity index (χ2v) is 7.10. The molecule has 1 aliphatic heterocycles. The highest BCUT2D eigenvalue weighted by Crippen LogP contribution is 2.33. The molecule has 0 bridgehead atoms. The van der Waals surface area contributed by atoms with Gasteiger partial charge in [0.1, 0.15) is 5.75 Å². The Kier molecular flexibility index (Phi) is 5.26. The van der Waals surface area contributed by atoms with Crippen LogP contribution in [0.1, 0.15) is 24.2 Å². The lowest BCUT2D eigenvalue weighted by atomic mass is 10.0. The van der Waals surface area contributed by atoms with Crippen molar-refractivity contribution >= 4 is 23.3 Å². The van der Waals surface area contributed by atoms with Gasteiger partial charge in [-0.25, -0.2) is 4.79 Å². The predicted molar refractivity (Wildman–Crippen MR) is 111 cm³/mol. The number of aromatic nitrogens is 1. The van der Waals surface area contributed by atoms with Gasteiger partial charge in [-0.2, -0.15) is 0 Å². The van der Waals surface area contributed by atoms with Gasteiger partial charge in [0.05, 0.1) is 12.6 Å². The molecule has 0 fully saturated rings. The maximum atomic E-state index is 13.1. The standard InChI is InChI=1S/C22H22ClN3O2/c1-2-28-19-11-9-18(10-12-19)24-22(27)26-15-14-25-13-3-4-20(25)21(26)16-5-7-17(23)8-6-16/h3-13,21H,2,14-15H2,1H3,(H,24,27)/t21-/m0/s1. The average molecular weight is 396 g/mol. The molecule has 1 N–H and O–H groups in total. The monoisotopic (exact) mass is 395 g/mol. The number of halogens is 1. The molecule has 144 valence electrons. The van der Waals surface area contributed by atoms with E-state index in [2.05, 4.69) is 22.1 Å². The van der Waals surface area contributed by atoms with Crippen molar-refractivity contribution in [1.82, 2.24) is 9.47 Å². The molecule has 0 radical (unpaired) electrons. The first kappa shape index (κ1) is 18.4. The van der Waals surface area contributed by atoms with E-state index in [1.165, 1.54) is 0 Å². The lowest BCUT2D eigenvalue weighted by molar-refractivity contribution is 0.182. The van der Waals surface area contributed by atoms with Gasteiger partial charge < -0.3 is 19.5 Å². The summed E-state index contributed by atoms with van der Waals surface area (Å²) in [7, 11) is 0. The maximum absolute atomic E-state index is 13.1. The zero-order valence-electron chi connectivity index (χ0n) is 15.6. The van der Waals surface area contributed by atoms with Crippen LogP contribution in [0.2, 0.25) is 5.02 Å². The number of nitrogens with zero attached hydrogens (tertiary/aromatic N) is 2. The van der Waals surface area contributed by atoms with E-state index in [1.54, 1.807) is 0 Å². The lowest BCUT2D eigenvalue weighted by Gasteiger charge is -2.37. The Bertz CT molecular complexity index is 951. The third-order valence-corrected chi connectivity index (χ3v) is 5.15. The molecule has 0 saturated carbocycles. The van der Waals surface area contributed by atoms with Crippen molar-refractivity contribution in [1.29, 1.82) is 0 Å². The number of carbonyl (C=O) groups excluding carboxylic acids is 1. The predicted octanol–water partition coefficient (Wildman–Crippen LogP) is 5.18. The number of anilines is 1. The number of urea groups is 1. The van der Waals surface area contributed by atoms with Gasteiger partial charge in [0, 0.05) is 35.7 Å². The smallest absolute Gasteiger partial charge is 0.322 e. The van der Waals surface area contributed by atoms with Crippen LogP contribution in [0.5, 0.6) is 5.75 Å². The number of nitrogens with one attached hydrogen (secondary N) is 1. The van der Waals surface area contributed by atoms with Crippen LogP contribution in [0.3, 0.4) is 0 Å². The Morgan fingerprint density at radius 3 is 2.57 bits per heavy atom. The van der Waals surface area contributed by atoms with Gasteiger partial charge in [0.15, 0.2) is 0 Å². The summed E-state index contributed by atoms with van der Waals surface area (Å²) in [6.07, 6.45) is 2.06. The quantitative estimate of drug-likeness (QED) is 0.661. The fraction of sp³-hybridized carbons (Fsp3) is 0.227. The average Bonchev–Trinajstić information content (AvgIpc) is 3.18. The van der Waals surface area contributed by atoms with E-state index in [0.29, 0.717) is 18.2 Å². The molecule has 28 heavy (non-hydrogen) atoms. The summed E-state index contributed by atoms with van der Waals surface area (Å²) in [5, 5.41) is 3.69. The number of hydrogen-bond acceptors (Lipinski definition) is 2. The molecule has 1 aromatic heterocycles. The third-order valence-electron chi connectivity index (χ3n) is 4.90. The fourth-order valence-corrected chi connectivity index (χ4v) is 3.72. The Morgan fingerprint density at radius 1 is 1.11 bits per heavy atom. The van der Waals surface area contributed by atoms with Crippen LogP contribution in [0.4, 0.5) is 10.5 Å². The number of rotatable bonds is 4. The van der Waals surface area contributed by atoms with E-state index in [0.717, 1.165) is 29.2 Å². The number of fused-ring (bicyclic) bond motifs is 1. The molecule has 1 aliphatic rings. The Labute approximate surface area is 169 Å². The molecule has 2 amide bonds. The van der Waals surface area contributed by atoms with Gasteiger partial charge in [-0.05, 0) is 61.0 Å². The van der Waals surface area contributed by atoms with Crippen molar-refractivity contribution in [2.75, 3.05) is 18.5 Å². The highest BCUT2D eigenvalue weighted by molar-refractivity contribution is 6.30. The van der Waals surface area contributed by atoms with E-state index < -0.39 is 0 Å². The minimum atomic E-state index is -0.163. The molecule has 0 saturated heterocycles. The van der Waals surface area contributed by atoms with Gasteiger partial charge in [-0.15, -0.1) is 0 Å². The molecule has 3 aromatic rings. The normalized spacial score (nSPS) is 15.8. The molecule has 2 aromatic carbocycles. The van der Waals surface area contributed by atoms with Gasteiger partial charge in [0.2, 0.25) is 0 Å². The molecule has 1 atom stereocenters. The van der Waals surface area contributed by atoms with Crippen LogP contribution in [0.25, 0.3) is 0 Å². The van der Waals surface area contributed by atoms with Crippen molar-refractivity contribution in [3.63, 3.8) is 0 Å². The Morgan fingerprint density at radius 2 is 1.86 bits per heavy atom. The van der Waals surface area contributed by atoms with E-state index in [-0.39, 0.29) is 12.1 Å². The molecule has 4 rings (SSSR count). The van der Waals surface area contributed by atoms with Gasteiger partial charge in [0.25, 0.3) is 0 Å². The maximum Gasteiger partial charge on any atom is 0.322 e. The van der Waals surface area contributed by atoms with Crippen LogP contribution in [-0.2, 0) is 6.54 Å². The molecule has 5 nitrogen and oxygen atoms in total. The van der Waals surface area contributed by atoms with Crippen molar-refractivity contribution in [3.05, 3.63) is 83.1 Å². The SMILES string of the molecule is CCOc1ccc(NC(=O)N2CCn3cccc3[C@@H]2c2ccc(Cl)cc2)cc1. The van der Waals surface area contributed by atoms with Gasteiger partial charge in [-0.1, -0.05) is 23.7 Å². The molecular weight excluding hydrogens is 374 g/mol. The first-order valence-electron chi connectivity index (χ1n) is 9.36. The van der Waals surface area contributed by atoms with Crippen molar-refractivity contribution in [2.24, 2.45) is 0 Å². The van der Waals surface area contributed by atoms with Crippen LogP contribution in [0, 0.1) is 0 Å². The van der Waals surface area contributed by atoms with Crippen LogP contribution in [-0.4, -0.2) is 28.6 Å². The van der Waals surface area contributed by atoms with Crippen molar-refractivity contribution in [2.45, 2.75) is 19.5 Å². The highest BCUT2D eigenvalue weighted by Gasteiger charge is 2.32. The summed E-state index contributed by atoms with van der Waals surface area (Å²) in [6, 6.07) is 18.9. The summed E-state index contributed by atoms with van der Waals surface area (Å²) in [5.41, 5.74) is 2.87. The molecule has 0 aliphatic carbocycles. The third kappa shape index (κ3) is 3.71. The summed E-state index contributed by atoms with van der Waals surface area (Å²) in [4.78, 5) is 15.0. The Balaban J connectivity index is 1.59. The number of amides is 2. The lowest BCUT2D eigenvalue weighted by Crippen LogP contribution is -2.44. The van der Waals surface area contributed by atoms with Crippen molar-refractivity contribution in [3.8, 4) is 5.75 Å². The van der Waals surface area contributed by atoms with E-state index >= 15 is 0 Å². The summed E-state index contributed by atoms with van der Waals surface area (Å²) in [6.45, 7) is 3.95. The van der Waals surface area contributed by atoms with Crippen LogP contribution >= 0.6 is 11.6 Å². The first-order chi connectivity index (χ1) is 13.7. The summed E-state index contributed by atoms with van der Waals surface area (Å²) < 4.78 is 7.65. The van der Waals surface area contributed by atoms with Gasteiger partial charge >= 0.3 is 6.03 Å². The molecule has 2 heterocycles. The zero-order valence-corrected chi connectivity index (χ0v) is 16.4. The topological polar surface area (TPSA) is 46.5 Å². The molecule has 6 heteroatoms. The fourth-order valence-electron chi connectivity index (χ4n) is 3.59. The van der Waals surface area contributed by atoms with Gasteiger partial charge in [-0.3, -0.25) is 0 Å². The number of benzene rings is 2.